The van der Waals surface area contributed by atoms with E-state index in [1.165, 1.54) is 231 Å². The average Bonchev–Trinajstić information content (AvgIpc) is 3.15. The highest BCUT2D eigenvalue weighted by atomic mass is 16.3. The first-order valence-corrected chi connectivity index (χ1v) is 24.2. The number of carbonyl (C=O) groups is 1. The molecule has 0 saturated heterocycles. The summed E-state index contributed by atoms with van der Waals surface area (Å²) in [5, 5.41) is 23.2. The van der Waals surface area contributed by atoms with Crippen LogP contribution in [-0.4, -0.2) is 34.9 Å². The Morgan fingerprint density at radius 1 is 0.385 bits per heavy atom. The van der Waals surface area contributed by atoms with E-state index >= 15 is 0 Å². The first-order valence-electron chi connectivity index (χ1n) is 24.2. The predicted octanol–water partition coefficient (Wildman–Crippen LogP) is 15.2. The van der Waals surface area contributed by atoms with Gasteiger partial charge in [0.25, 0.3) is 0 Å². The number of unbranched alkanes of at least 4 members (excludes halogenated alkanes) is 38. The molecule has 0 radical (unpaired) electrons. The summed E-state index contributed by atoms with van der Waals surface area (Å²) in [5.74, 6) is -0.0246. The second-order valence-electron chi connectivity index (χ2n) is 16.9. The van der Waals surface area contributed by atoms with Crippen LogP contribution in [0.4, 0.5) is 0 Å². The third kappa shape index (κ3) is 40.6. The standard InChI is InChI=1S/C48H97NO3/c1-3-5-7-9-11-13-15-17-19-21-22-23-24-25-26-28-29-31-33-35-37-39-41-43-47(51)46(45-50)49-48(52)44-42-40-38-36-34-32-30-27-20-18-16-14-12-10-8-6-4-2/h46-47,50-51H,3-45H2,1-2H3,(H,49,52). The molecule has 0 bridgehead atoms. The smallest absolute Gasteiger partial charge is 0.220 e. The summed E-state index contributed by atoms with van der Waals surface area (Å²) in [6.07, 6.45) is 54.8. The molecular weight excluding hydrogens is 639 g/mol. The van der Waals surface area contributed by atoms with E-state index in [0.717, 1.165) is 25.7 Å². The van der Waals surface area contributed by atoms with Crippen molar-refractivity contribution in [3.8, 4) is 0 Å². The summed E-state index contributed by atoms with van der Waals surface area (Å²) < 4.78 is 0. The van der Waals surface area contributed by atoms with Gasteiger partial charge in [0.15, 0.2) is 0 Å². The summed E-state index contributed by atoms with van der Waals surface area (Å²) in [6.45, 7) is 4.39. The third-order valence-corrected chi connectivity index (χ3v) is 11.6. The highest BCUT2D eigenvalue weighted by Crippen LogP contribution is 2.17. The zero-order valence-electron chi connectivity index (χ0n) is 35.9. The van der Waals surface area contributed by atoms with Crippen LogP contribution >= 0.6 is 0 Å². The van der Waals surface area contributed by atoms with Gasteiger partial charge in [-0.2, -0.15) is 0 Å². The maximum absolute atomic E-state index is 12.4. The van der Waals surface area contributed by atoms with Gasteiger partial charge in [-0.25, -0.2) is 0 Å². The van der Waals surface area contributed by atoms with Crippen molar-refractivity contribution in [2.45, 2.75) is 296 Å². The molecule has 0 saturated carbocycles. The Balaban J connectivity index is 3.43. The molecule has 0 aromatic carbocycles. The van der Waals surface area contributed by atoms with Crippen LogP contribution in [0.25, 0.3) is 0 Å². The van der Waals surface area contributed by atoms with Crippen molar-refractivity contribution in [2.75, 3.05) is 6.61 Å². The largest absolute Gasteiger partial charge is 0.394 e. The molecule has 4 heteroatoms. The van der Waals surface area contributed by atoms with Crippen LogP contribution in [0.2, 0.25) is 0 Å². The van der Waals surface area contributed by atoms with Crippen LogP contribution in [-0.2, 0) is 4.79 Å². The van der Waals surface area contributed by atoms with E-state index in [4.69, 9.17) is 0 Å². The molecule has 0 fully saturated rings. The molecule has 3 N–H and O–H groups in total. The Morgan fingerprint density at radius 2 is 0.615 bits per heavy atom. The topological polar surface area (TPSA) is 69.6 Å². The van der Waals surface area contributed by atoms with Crippen molar-refractivity contribution in [3.63, 3.8) is 0 Å². The van der Waals surface area contributed by atoms with Crippen molar-refractivity contribution in [2.24, 2.45) is 0 Å². The fraction of sp³-hybridized carbons (Fsp3) is 0.979. The highest BCUT2D eigenvalue weighted by molar-refractivity contribution is 5.76. The van der Waals surface area contributed by atoms with E-state index < -0.39 is 12.1 Å². The summed E-state index contributed by atoms with van der Waals surface area (Å²) in [7, 11) is 0. The molecule has 0 aromatic rings. The van der Waals surface area contributed by atoms with E-state index in [2.05, 4.69) is 19.2 Å². The molecule has 0 spiro atoms. The Kier molecular flexibility index (Phi) is 44.3. The monoisotopic (exact) mass is 736 g/mol. The summed E-state index contributed by atoms with van der Waals surface area (Å²) in [5.41, 5.74) is 0. The lowest BCUT2D eigenvalue weighted by molar-refractivity contribution is -0.123. The lowest BCUT2D eigenvalue weighted by Crippen LogP contribution is -2.45. The summed E-state index contributed by atoms with van der Waals surface area (Å²) in [4.78, 5) is 12.4. The van der Waals surface area contributed by atoms with E-state index in [-0.39, 0.29) is 12.5 Å². The maximum atomic E-state index is 12.4. The van der Waals surface area contributed by atoms with Gasteiger partial charge in [0, 0.05) is 6.42 Å². The first-order chi connectivity index (χ1) is 25.7. The predicted molar refractivity (Wildman–Crippen MR) is 230 cm³/mol. The highest BCUT2D eigenvalue weighted by Gasteiger charge is 2.20. The van der Waals surface area contributed by atoms with Crippen LogP contribution in [0.15, 0.2) is 0 Å². The number of carbonyl (C=O) groups excluding carboxylic acids is 1. The van der Waals surface area contributed by atoms with Gasteiger partial charge in [0.1, 0.15) is 0 Å². The molecule has 312 valence electrons. The molecule has 0 aliphatic heterocycles. The van der Waals surface area contributed by atoms with E-state index in [9.17, 15) is 15.0 Å². The van der Waals surface area contributed by atoms with Gasteiger partial charge < -0.3 is 15.5 Å². The van der Waals surface area contributed by atoms with Crippen molar-refractivity contribution >= 4 is 5.91 Å². The van der Waals surface area contributed by atoms with Gasteiger partial charge in [0.2, 0.25) is 5.91 Å². The van der Waals surface area contributed by atoms with Crippen LogP contribution in [0.5, 0.6) is 0 Å². The van der Waals surface area contributed by atoms with Gasteiger partial charge in [0.05, 0.1) is 18.8 Å². The zero-order chi connectivity index (χ0) is 37.8. The van der Waals surface area contributed by atoms with Gasteiger partial charge in [-0.1, -0.05) is 264 Å². The SMILES string of the molecule is CCCCCCCCCCCCCCCCCCCCCCCCCC(O)C(CO)NC(=O)CCCCCCCCCCCCCCCCCCC. The molecule has 0 rings (SSSR count). The Morgan fingerprint density at radius 3 is 0.865 bits per heavy atom. The molecule has 1 amide bonds. The quantitative estimate of drug-likeness (QED) is 0.0545. The van der Waals surface area contributed by atoms with Crippen LogP contribution in [0.3, 0.4) is 0 Å². The van der Waals surface area contributed by atoms with Gasteiger partial charge in [-0.15, -0.1) is 0 Å². The van der Waals surface area contributed by atoms with Crippen LogP contribution < -0.4 is 5.32 Å². The second kappa shape index (κ2) is 44.8. The Labute approximate surface area is 327 Å². The van der Waals surface area contributed by atoms with Gasteiger partial charge in [-0.3, -0.25) is 4.79 Å². The minimum atomic E-state index is -0.653. The van der Waals surface area contributed by atoms with E-state index in [1.54, 1.807) is 0 Å². The number of hydrogen-bond donors (Lipinski definition) is 3. The molecular formula is C48H97NO3. The summed E-state index contributed by atoms with van der Waals surface area (Å²) >= 11 is 0. The van der Waals surface area contributed by atoms with Crippen molar-refractivity contribution < 1.29 is 15.0 Å². The Bertz CT molecular complexity index is 670. The number of hydrogen-bond acceptors (Lipinski definition) is 3. The fourth-order valence-corrected chi connectivity index (χ4v) is 7.89. The molecule has 4 nitrogen and oxygen atoms in total. The molecule has 0 heterocycles. The van der Waals surface area contributed by atoms with Gasteiger partial charge in [-0.05, 0) is 12.8 Å². The zero-order valence-corrected chi connectivity index (χ0v) is 35.9. The van der Waals surface area contributed by atoms with Crippen molar-refractivity contribution in [3.05, 3.63) is 0 Å². The minimum Gasteiger partial charge on any atom is -0.394 e. The normalized spacial score (nSPS) is 12.8. The van der Waals surface area contributed by atoms with Crippen LogP contribution in [0.1, 0.15) is 284 Å². The van der Waals surface area contributed by atoms with E-state index in [1.807, 2.05) is 0 Å². The molecule has 2 unspecified atom stereocenters. The average molecular weight is 736 g/mol. The van der Waals surface area contributed by atoms with Gasteiger partial charge >= 0.3 is 0 Å². The number of nitrogens with one attached hydrogen (secondary N) is 1. The number of aliphatic hydroxyl groups is 2. The Hall–Kier alpha value is -0.610. The number of aliphatic hydroxyl groups excluding tert-OH is 2. The van der Waals surface area contributed by atoms with Crippen molar-refractivity contribution in [1.82, 2.24) is 5.32 Å². The van der Waals surface area contributed by atoms with Crippen LogP contribution in [0, 0.1) is 0 Å². The summed E-state index contributed by atoms with van der Waals surface area (Å²) in [6, 6.07) is -0.530. The second-order valence-corrected chi connectivity index (χ2v) is 16.9. The molecule has 52 heavy (non-hydrogen) atoms. The molecule has 2 atom stereocenters. The minimum absolute atomic E-state index is 0.0246. The maximum Gasteiger partial charge on any atom is 0.220 e. The lowest BCUT2D eigenvalue weighted by atomic mass is 10.0. The molecule has 0 aromatic heterocycles. The fourth-order valence-electron chi connectivity index (χ4n) is 7.89. The van der Waals surface area contributed by atoms with E-state index in [0.29, 0.717) is 12.8 Å². The third-order valence-electron chi connectivity index (χ3n) is 11.6. The molecule has 0 aliphatic rings. The van der Waals surface area contributed by atoms with Crippen molar-refractivity contribution in [1.29, 1.82) is 0 Å². The number of rotatable bonds is 45. The number of amides is 1. The molecule has 0 aliphatic carbocycles. The lowest BCUT2D eigenvalue weighted by Gasteiger charge is -2.22. The first kappa shape index (κ1) is 51.4.